The third kappa shape index (κ3) is 3.03. The molecule has 2 heteroatoms. The smallest absolute Gasteiger partial charge is 0.0253 e. The van der Waals surface area contributed by atoms with Crippen molar-refractivity contribution in [1.29, 1.82) is 5.41 Å². The molecule has 0 radical (unpaired) electrons. The van der Waals surface area contributed by atoms with E-state index >= 15 is 0 Å². The number of nitrogens with zero attached hydrogens (tertiary/aromatic N) is 1. The van der Waals surface area contributed by atoms with Gasteiger partial charge >= 0.3 is 0 Å². The molecule has 4 atom stereocenters. The zero-order valence-corrected chi connectivity index (χ0v) is 15.7. The number of fused-ring (bicyclic) bond motifs is 1. The number of hydrogen-bond acceptors (Lipinski definition) is 2. The Morgan fingerprint density at radius 2 is 1.69 bits per heavy atom. The van der Waals surface area contributed by atoms with E-state index in [1.165, 1.54) is 42.2 Å². The molecule has 2 aliphatic rings. The highest BCUT2D eigenvalue weighted by Gasteiger charge is 2.38. The molecule has 4 unspecified atom stereocenters. The highest BCUT2D eigenvalue weighted by Crippen LogP contribution is 2.49. The first-order valence-corrected chi connectivity index (χ1v) is 9.72. The van der Waals surface area contributed by atoms with Crippen LogP contribution in [-0.2, 0) is 0 Å². The van der Waals surface area contributed by atoms with Crippen LogP contribution in [0.5, 0.6) is 0 Å². The molecule has 0 aliphatic heterocycles. The maximum absolute atomic E-state index is 7.88. The van der Waals surface area contributed by atoms with Gasteiger partial charge in [-0.15, -0.1) is 0 Å². The molecule has 1 N–H and O–H groups in total. The number of benzene rings is 2. The lowest BCUT2D eigenvalue weighted by Crippen LogP contribution is -2.37. The Labute approximate surface area is 157 Å². The summed E-state index contributed by atoms with van der Waals surface area (Å²) in [6.07, 6.45) is 9.93. The third-order valence-corrected chi connectivity index (χ3v) is 6.46. The molecule has 0 heterocycles. The molecule has 0 bridgehead atoms. The number of allylic oxidation sites excluding steroid dienone is 1. The second-order valence-electron chi connectivity index (χ2n) is 7.99. The maximum atomic E-state index is 7.88. The summed E-state index contributed by atoms with van der Waals surface area (Å²) in [5.74, 6) is 1.60. The summed E-state index contributed by atoms with van der Waals surface area (Å²) in [5.41, 5.74) is 5.30. The Kier molecular flexibility index (Phi) is 4.78. The number of rotatable bonds is 4. The van der Waals surface area contributed by atoms with Crippen molar-refractivity contribution in [2.45, 2.75) is 37.1 Å². The molecule has 2 aromatic carbocycles. The minimum Gasteiger partial charge on any atom is -0.308 e. The molecular formula is C24H28N2. The summed E-state index contributed by atoms with van der Waals surface area (Å²) in [5, 5.41) is 7.88. The molecule has 0 amide bonds. The Morgan fingerprint density at radius 1 is 0.962 bits per heavy atom. The summed E-state index contributed by atoms with van der Waals surface area (Å²) in [6, 6.07) is 18.0. The lowest BCUT2D eigenvalue weighted by atomic mass is 9.66. The standard InChI is InChI=1S/C24H28N2/c1-26(2)19-12-14-23(22-13-11-17-7-3-5-9-20(17)22)24(15-19)21-10-6-4-8-18(21)16-25/h3-11,13,16,19,22-25H,12,14-15H2,1-2H3. The van der Waals surface area contributed by atoms with E-state index in [1.54, 1.807) is 0 Å². The quantitative estimate of drug-likeness (QED) is 0.748. The normalized spacial score (nSPS) is 27.5. The van der Waals surface area contributed by atoms with E-state index in [0.29, 0.717) is 23.8 Å². The van der Waals surface area contributed by atoms with Gasteiger partial charge in [-0.1, -0.05) is 60.7 Å². The second kappa shape index (κ2) is 7.20. The lowest BCUT2D eigenvalue weighted by molar-refractivity contribution is 0.163. The van der Waals surface area contributed by atoms with Crippen molar-refractivity contribution in [2.75, 3.05) is 14.1 Å². The molecule has 2 nitrogen and oxygen atoms in total. The monoisotopic (exact) mass is 344 g/mol. The molecule has 0 spiro atoms. The van der Waals surface area contributed by atoms with Crippen molar-refractivity contribution >= 4 is 12.3 Å². The maximum Gasteiger partial charge on any atom is 0.0253 e. The first-order valence-electron chi connectivity index (χ1n) is 9.72. The first-order chi connectivity index (χ1) is 12.7. The van der Waals surface area contributed by atoms with Crippen LogP contribution in [0.25, 0.3) is 6.08 Å². The summed E-state index contributed by atoms with van der Waals surface area (Å²) in [7, 11) is 4.41. The van der Waals surface area contributed by atoms with Gasteiger partial charge in [0.05, 0.1) is 0 Å². The van der Waals surface area contributed by atoms with E-state index in [9.17, 15) is 0 Å². The van der Waals surface area contributed by atoms with Gasteiger partial charge in [-0.3, -0.25) is 0 Å². The van der Waals surface area contributed by atoms with E-state index in [4.69, 9.17) is 5.41 Å². The first kappa shape index (κ1) is 17.2. The van der Waals surface area contributed by atoms with Crippen LogP contribution in [0.2, 0.25) is 0 Å². The molecule has 2 aliphatic carbocycles. The van der Waals surface area contributed by atoms with Crippen LogP contribution in [-0.4, -0.2) is 31.3 Å². The Balaban J connectivity index is 1.73. The molecular weight excluding hydrogens is 316 g/mol. The lowest BCUT2D eigenvalue weighted by Gasteiger charge is -2.42. The molecule has 26 heavy (non-hydrogen) atoms. The topological polar surface area (TPSA) is 27.1 Å². The Hall–Kier alpha value is -2.19. The van der Waals surface area contributed by atoms with E-state index in [-0.39, 0.29) is 0 Å². The molecule has 4 rings (SSSR count). The largest absolute Gasteiger partial charge is 0.308 e. The number of nitrogens with one attached hydrogen (secondary N) is 1. The summed E-state index contributed by atoms with van der Waals surface area (Å²) < 4.78 is 0. The van der Waals surface area contributed by atoms with Gasteiger partial charge in [-0.25, -0.2) is 0 Å². The molecule has 0 saturated heterocycles. The van der Waals surface area contributed by atoms with Gasteiger partial charge in [0.15, 0.2) is 0 Å². The van der Waals surface area contributed by atoms with Gasteiger partial charge < -0.3 is 10.3 Å². The van der Waals surface area contributed by atoms with Crippen LogP contribution >= 0.6 is 0 Å². The fraction of sp³-hybridized carbons (Fsp3) is 0.375. The summed E-state index contributed by atoms with van der Waals surface area (Å²) in [6.45, 7) is 0. The van der Waals surface area contributed by atoms with Gasteiger partial charge in [0, 0.05) is 18.2 Å². The highest BCUT2D eigenvalue weighted by atomic mass is 15.1. The van der Waals surface area contributed by atoms with Gasteiger partial charge in [-0.05, 0) is 67.4 Å². The molecule has 1 saturated carbocycles. The Morgan fingerprint density at radius 3 is 2.46 bits per heavy atom. The van der Waals surface area contributed by atoms with Crippen molar-refractivity contribution < 1.29 is 0 Å². The molecule has 2 aromatic rings. The van der Waals surface area contributed by atoms with E-state index in [0.717, 1.165) is 5.56 Å². The Bertz CT molecular complexity index is 820. The van der Waals surface area contributed by atoms with Crippen LogP contribution in [0, 0.1) is 11.3 Å². The summed E-state index contributed by atoms with van der Waals surface area (Å²) >= 11 is 0. The minimum absolute atomic E-state index is 0.495. The highest BCUT2D eigenvalue weighted by molar-refractivity contribution is 5.79. The van der Waals surface area contributed by atoms with Crippen LogP contribution in [0.15, 0.2) is 54.6 Å². The number of hydrogen-bond donors (Lipinski definition) is 1. The predicted molar refractivity (Wildman–Crippen MR) is 110 cm³/mol. The SMILES string of the molecule is CN(C)C1CCC(C2C=Cc3ccccc32)C(c2ccccc2C=N)C1. The fourth-order valence-electron chi connectivity index (χ4n) is 5.06. The average molecular weight is 345 g/mol. The van der Waals surface area contributed by atoms with E-state index < -0.39 is 0 Å². The van der Waals surface area contributed by atoms with Crippen LogP contribution in [0.3, 0.4) is 0 Å². The van der Waals surface area contributed by atoms with Gasteiger partial charge in [-0.2, -0.15) is 0 Å². The van der Waals surface area contributed by atoms with E-state index in [1.807, 2.05) is 0 Å². The van der Waals surface area contributed by atoms with Crippen molar-refractivity contribution in [3.05, 3.63) is 76.9 Å². The minimum atomic E-state index is 0.495. The zero-order valence-electron chi connectivity index (χ0n) is 15.7. The molecule has 1 fully saturated rings. The third-order valence-electron chi connectivity index (χ3n) is 6.46. The van der Waals surface area contributed by atoms with Crippen LogP contribution in [0.4, 0.5) is 0 Å². The van der Waals surface area contributed by atoms with Crippen LogP contribution in [0.1, 0.15) is 53.4 Å². The van der Waals surface area contributed by atoms with Crippen molar-refractivity contribution in [2.24, 2.45) is 5.92 Å². The fourth-order valence-corrected chi connectivity index (χ4v) is 5.06. The molecule has 0 aromatic heterocycles. The van der Waals surface area contributed by atoms with E-state index in [2.05, 4.69) is 79.7 Å². The van der Waals surface area contributed by atoms with Crippen LogP contribution < -0.4 is 0 Å². The second-order valence-corrected chi connectivity index (χ2v) is 7.99. The van der Waals surface area contributed by atoms with Crippen molar-refractivity contribution in [3.63, 3.8) is 0 Å². The van der Waals surface area contributed by atoms with Crippen molar-refractivity contribution in [3.8, 4) is 0 Å². The van der Waals surface area contributed by atoms with Gasteiger partial charge in [0.1, 0.15) is 0 Å². The zero-order chi connectivity index (χ0) is 18.1. The van der Waals surface area contributed by atoms with Gasteiger partial charge in [0.25, 0.3) is 0 Å². The average Bonchev–Trinajstić information content (AvgIpc) is 3.11. The van der Waals surface area contributed by atoms with Crippen molar-refractivity contribution in [1.82, 2.24) is 4.90 Å². The predicted octanol–water partition coefficient (Wildman–Crippen LogP) is 5.31. The summed E-state index contributed by atoms with van der Waals surface area (Å²) in [4.78, 5) is 2.38. The van der Waals surface area contributed by atoms with Gasteiger partial charge in [0.2, 0.25) is 0 Å². The molecule has 134 valence electrons.